The molecule has 0 aliphatic carbocycles. The minimum Gasteiger partial charge on any atom is -0.457 e. The van der Waals surface area contributed by atoms with Gasteiger partial charge in [0.2, 0.25) is 5.91 Å². The summed E-state index contributed by atoms with van der Waals surface area (Å²) in [6.07, 6.45) is 4.85. The second kappa shape index (κ2) is 11.2. The first-order valence-corrected chi connectivity index (χ1v) is 12.4. The molecule has 0 saturated carbocycles. The number of nitrogens with two attached hydrogens (primary N) is 1. The van der Waals surface area contributed by atoms with Gasteiger partial charge in [-0.1, -0.05) is 24.3 Å². The Bertz CT molecular complexity index is 1610. The van der Waals surface area contributed by atoms with E-state index in [1.807, 2.05) is 104 Å². The summed E-state index contributed by atoms with van der Waals surface area (Å²) in [6, 6.07) is 24.8. The van der Waals surface area contributed by atoms with Gasteiger partial charge in [0.05, 0.1) is 11.1 Å². The van der Waals surface area contributed by atoms with Crippen LogP contribution in [0.25, 0.3) is 28.0 Å². The van der Waals surface area contributed by atoms with Gasteiger partial charge < -0.3 is 20.3 Å². The highest BCUT2D eigenvalue weighted by Crippen LogP contribution is 2.33. The van der Waals surface area contributed by atoms with E-state index in [-0.39, 0.29) is 5.91 Å². The van der Waals surface area contributed by atoms with Crippen LogP contribution in [-0.4, -0.2) is 58.2 Å². The Morgan fingerprint density at radius 1 is 0.923 bits per heavy atom. The second-order valence-electron chi connectivity index (χ2n) is 9.24. The van der Waals surface area contributed by atoms with E-state index < -0.39 is 0 Å². The van der Waals surface area contributed by atoms with E-state index in [0.29, 0.717) is 34.8 Å². The molecule has 5 rings (SSSR count). The molecule has 0 saturated heterocycles. The Morgan fingerprint density at radius 2 is 1.62 bits per heavy atom. The Hall–Kier alpha value is -5.02. The van der Waals surface area contributed by atoms with Gasteiger partial charge in [0.15, 0.2) is 5.65 Å². The van der Waals surface area contributed by atoms with Gasteiger partial charge in [-0.05, 0) is 74.8 Å². The summed E-state index contributed by atoms with van der Waals surface area (Å²) in [5, 5.41) is 5.53. The molecule has 0 radical (unpaired) electrons. The van der Waals surface area contributed by atoms with E-state index in [4.69, 9.17) is 15.6 Å². The fraction of sp³-hybridized carbons (Fsp3) is 0.133. The zero-order valence-corrected chi connectivity index (χ0v) is 22.0. The fourth-order valence-electron chi connectivity index (χ4n) is 4.08. The second-order valence-corrected chi connectivity index (χ2v) is 9.24. The molecule has 39 heavy (non-hydrogen) atoms. The number of likely N-dealkylation sites (N-methyl/N-ethyl adjacent to an activating group) is 2. The molecule has 0 aliphatic rings. The maximum Gasteiger partial charge on any atom is 0.250 e. The molecule has 2 heterocycles. The number of aromatic nitrogens is 4. The zero-order chi connectivity index (χ0) is 27.4. The van der Waals surface area contributed by atoms with Crippen LogP contribution in [-0.2, 0) is 4.79 Å². The molecule has 0 fully saturated rings. The van der Waals surface area contributed by atoms with E-state index in [2.05, 4.69) is 9.97 Å². The van der Waals surface area contributed by atoms with Crippen molar-refractivity contribution in [1.82, 2.24) is 24.6 Å². The van der Waals surface area contributed by atoms with E-state index in [1.165, 1.54) is 6.33 Å². The predicted molar refractivity (Wildman–Crippen MR) is 154 cm³/mol. The Kier molecular flexibility index (Phi) is 7.33. The first-order valence-electron chi connectivity index (χ1n) is 12.4. The van der Waals surface area contributed by atoms with Crippen molar-refractivity contribution >= 4 is 28.4 Å². The number of ether oxygens (including phenoxy) is 1. The molecule has 0 atom stereocenters. The van der Waals surface area contributed by atoms with Gasteiger partial charge in [0.25, 0.3) is 0 Å². The number of fused-ring (bicyclic) bond motifs is 1. The summed E-state index contributed by atoms with van der Waals surface area (Å²) in [7, 11) is 5.66. The van der Waals surface area contributed by atoms with E-state index in [9.17, 15) is 4.79 Å². The van der Waals surface area contributed by atoms with Crippen molar-refractivity contribution in [2.75, 3.05) is 38.3 Å². The number of para-hydroxylation sites is 1. The molecular formula is C30H29N7O2. The molecule has 196 valence electrons. The number of amides is 1. The molecule has 9 nitrogen and oxygen atoms in total. The summed E-state index contributed by atoms with van der Waals surface area (Å²) < 4.78 is 7.66. The number of hydrogen-bond acceptors (Lipinski definition) is 7. The van der Waals surface area contributed by atoms with Gasteiger partial charge in [-0.25, -0.2) is 14.6 Å². The molecule has 0 unspecified atom stereocenters. The van der Waals surface area contributed by atoms with Crippen molar-refractivity contribution in [3.63, 3.8) is 0 Å². The lowest BCUT2D eigenvalue weighted by Gasteiger charge is -2.16. The smallest absolute Gasteiger partial charge is 0.250 e. The third kappa shape index (κ3) is 5.63. The van der Waals surface area contributed by atoms with Crippen molar-refractivity contribution in [3.05, 3.63) is 97.3 Å². The van der Waals surface area contributed by atoms with Gasteiger partial charge in [-0.2, -0.15) is 5.10 Å². The van der Waals surface area contributed by atoms with Crippen molar-refractivity contribution < 1.29 is 9.53 Å². The monoisotopic (exact) mass is 519 g/mol. The molecule has 3 aromatic carbocycles. The minimum atomic E-state index is -0.100. The molecule has 2 aromatic heterocycles. The minimum absolute atomic E-state index is 0.100. The van der Waals surface area contributed by atoms with E-state index in [1.54, 1.807) is 22.7 Å². The maximum absolute atomic E-state index is 12.5. The first-order chi connectivity index (χ1) is 18.9. The van der Waals surface area contributed by atoms with Crippen molar-refractivity contribution in [3.8, 4) is 28.4 Å². The number of hydrogen-bond donors (Lipinski definition) is 1. The summed E-state index contributed by atoms with van der Waals surface area (Å²) >= 11 is 0. The summed E-state index contributed by atoms with van der Waals surface area (Å²) in [4.78, 5) is 24.8. The van der Waals surface area contributed by atoms with Crippen LogP contribution in [0.15, 0.2) is 97.3 Å². The number of nitrogens with zero attached hydrogens (tertiary/aromatic N) is 6. The van der Waals surface area contributed by atoms with Crippen molar-refractivity contribution in [2.45, 2.75) is 0 Å². The third-order valence-corrected chi connectivity index (χ3v) is 6.14. The van der Waals surface area contributed by atoms with Gasteiger partial charge in [0.1, 0.15) is 29.3 Å². The van der Waals surface area contributed by atoms with Gasteiger partial charge in [-0.15, -0.1) is 0 Å². The molecule has 0 aliphatic heterocycles. The molecule has 0 bridgehead atoms. The van der Waals surface area contributed by atoms with Crippen LogP contribution in [0, 0.1) is 0 Å². The van der Waals surface area contributed by atoms with Crippen LogP contribution in [0.2, 0.25) is 0 Å². The number of benzene rings is 3. The van der Waals surface area contributed by atoms with Crippen LogP contribution in [0.1, 0.15) is 0 Å². The van der Waals surface area contributed by atoms with Crippen LogP contribution in [0.5, 0.6) is 11.5 Å². The van der Waals surface area contributed by atoms with Gasteiger partial charge >= 0.3 is 0 Å². The summed E-state index contributed by atoms with van der Waals surface area (Å²) in [5.74, 6) is 1.72. The molecule has 2 N–H and O–H groups in total. The highest BCUT2D eigenvalue weighted by molar-refractivity contribution is 6.01. The van der Waals surface area contributed by atoms with Crippen LogP contribution in [0.3, 0.4) is 0 Å². The highest BCUT2D eigenvalue weighted by atomic mass is 16.5. The lowest BCUT2D eigenvalue weighted by Crippen LogP contribution is -2.24. The van der Waals surface area contributed by atoms with Crippen LogP contribution < -0.4 is 15.4 Å². The fourth-order valence-corrected chi connectivity index (χ4v) is 4.08. The van der Waals surface area contributed by atoms with Crippen molar-refractivity contribution in [2.24, 2.45) is 0 Å². The number of rotatable bonds is 8. The van der Waals surface area contributed by atoms with Crippen LogP contribution in [0.4, 0.5) is 11.5 Å². The Balaban J connectivity index is 1.44. The quantitative estimate of drug-likeness (QED) is 0.290. The zero-order valence-electron chi connectivity index (χ0n) is 22.0. The lowest BCUT2D eigenvalue weighted by molar-refractivity contribution is -0.113. The molecule has 5 aromatic rings. The Morgan fingerprint density at radius 3 is 2.31 bits per heavy atom. The number of carbonyl (C=O) groups is 1. The predicted octanol–water partition coefficient (Wildman–Crippen LogP) is 4.94. The number of carbonyl (C=O) groups excluding carboxylic acids is 1. The van der Waals surface area contributed by atoms with Gasteiger partial charge in [0, 0.05) is 30.9 Å². The average molecular weight is 520 g/mol. The van der Waals surface area contributed by atoms with E-state index >= 15 is 0 Å². The summed E-state index contributed by atoms with van der Waals surface area (Å²) in [6.45, 7) is 0.695. The topological polar surface area (TPSA) is 102 Å². The first kappa shape index (κ1) is 25.6. The Labute approximate surface area is 226 Å². The lowest BCUT2D eigenvalue weighted by atomic mass is 10.1. The highest BCUT2D eigenvalue weighted by Gasteiger charge is 2.18. The van der Waals surface area contributed by atoms with E-state index in [0.717, 1.165) is 22.7 Å². The standard InChI is InChI=1S/C30H29N7O2/c1-35(2)19-7-10-26(38)36(3)22-13-15-23(16-14-22)37-30-27(29(31)32-20-33-30)28(34-37)21-11-17-25(18-12-21)39-24-8-5-4-6-9-24/h4-18,20H,19H2,1-3H3,(H2,31,32,33). The summed E-state index contributed by atoms with van der Waals surface area (Å²) in [5.41, 5.74) is 9.94. The SMILES string of the molecule is CN(C)CC=CC(=O)N(C)c1ccc(-n2nc(-c3ccc(Oc4ccccc4)cc3)c3c(N)ncnc32)cc1. The average Bonchev–Trinajstić information content (AvgIpc) is 3.34. The molecular weight excluding hydrogens is 490 g/mol. The largest absolute Gasteiger partial charge is 0.457 e. The molecule has 0 spiro atoms. The van der Waals surface area contributed by atoms with Crippen LogP contribution >= 0.6 is 0 Å². The number of nitrogen functional groups attached to an aromatic ring is 1. The maximum atomic E-state index is 12.5. The van der Waals surface area contributed by atoms with Gasteiger partial charge in [-0.3, -0.25) is 4.79 Å². The molecule has 1 amide bonds. The third-order valence-electron chi connectivity index (χ3n) is 6.14. The van der Waals surface area contributed by atoms with Crippen molar-refractivity contribution in [1.29, 1.82) is 0 Å². The normalized spacial score (nSPS) is 11.4. The molecule has 9 heteroatoms. The number of anilines is 2.